The molecule has 0 saturated carbocycles. The maximum absolute atomic E-state index is 10.7. The van der Waals surface area contributed by atoms with Crippen LogP contribution in [0.1, 0.15) is 23.6 Å². The molecule has 0 saturated heterocycles. The Kier molecular flexibility index (Phi) is 4.21. The summed E-state index contributed by atoms with van der Waals surface area (Å²) >= 11 is 1.46. The fourth-order valence-corrected chi connectivity index (χ4v) is 2.12. The number of carboxylic acid groups (broad SMARTS) is 1. The SMILES string of the molecule is Cc1ccc(C)c(CS[C@@H](C)C(=O)O)c1. The number of carbonyl (C=O) groups is 1. The van der Waals surface area contributed by atoms with Crippen molar-refractivity contribution in [3.63, 3.8) is 0 Å². The van der Waals surface area contributed by atoms with E-state index in [1.54, 1.807) is 6.92 Å². The molecule has 0 aromatic heterocycles. The number of benzene rings is 1. The van der Waals surface area contributed by atoms with E-state index >= 15 is 0 Å². The lowest BCUT2D eigenvalue weighted by atomic mass is 10.1. The molecule has 0 unspecified atom stereocenters. The molecule has 0 amide bonds. The van der Waals surface area contributed by atoms with E-state index in [-0.39, 0.29) is 5.25 Å². The van der Waals surface area contributed by atoms with Gasteiger partial charge in [0.1, 0.15) is 0 Å². The van der Waals surface area contributed by atoms with Crippen molar-refractivity contribution in [3.05, 3.63) is 34.9 Å². The summed E-state index contributed by atoms with van der Waals surface area (Å²) in [4.78, 5) is 10.7. The maximum Gasteiger partial charge on any atom is 0.316 e. The fourth-order valence-electron chi connectivity index (χ4n) is 1.24. The summed E-state index contributed by atoms with van der Waals surface area (Å²) in [7, 11) is 0. The van der Waals surface area contributed by atoms with Crippen molar-refractivity contribution in [2.75, 3.05) is 0 Å². The minimum absolute atomic E-state index is 0.343. The Hall–Kier alpha value is -0.960. The quantitative estimate of drug-likeness (QED) is 0.854. The van der Waals surface area contributed by atoms with E-state index in [2.05, 4.69) is 25.1 Å². The second-order valence-electron chi connectivity index (χ2n) is 3.72. The molecule has 0 radical (unpaired) electrons. The first kappa shape index (κ1) is 12.1. The second kappa shape index (κ2) is 5.21. The Morgan fingerprint density at radius 1 is 1.47 bits per heavy atom. The molecule has 2 nitrogen and oxygen atoms in total. The van der Waals surface area contributed by atoms with Gasteiger partial charge in [0.15, 0.2) is 0 Å². The van der Waals surface area contributed by atoms with Crippen LogP contribution in [0.25, 0.3) is 0 Å². The number of hydrogen-bond donors (Lipinski definition) is 1. The largest absolute Gasteiger partial charge is 0.480 e. The van der Waals surface area contributed by atoms with Gasteiger partial charge in [-0.3, -0.25) is 4.79 Å². The molecule has 1 N–H and O–H groups in total. The summed E-state index contributed by atoms with van der Waals surface area (Å²) in [6.07, 6.45) is 0. The van der Waals surface area contributed by atoms with Gasteiger partial charge in [-0.05, 0) is 31.9 Å². The summed E-state index contributed by atoms with van der Waals surface area (Å²) in [5.74, 6) is 0.0198. The third kappa shape index (κ3) is 3.59. The van der Waals surface area contributed by atoms with E-state index in [1.807, 2.05) is 6.92 Å². The minimum Gasteiger partial charge on any atom is -0.480 e. The van der Waals surface area contributed by atoms with Crippen molar-refractivity contribution in [2.24, 2.45) is 0 Å². The summed E-state index contributed by atoms with van der Waals surface area (Å²) in [5, 5.41) is 8.42. The second-order valence-corrected chi connectivity index (χ2v) is 5.05. The normalized spacial score (nSPS) is 12.5. The highest BCUT2D eigenvalue weighted by atomic mass is 32.2. The average molecular weight is 224 g/mol. The molecule has 82 valence electrons. The molecule has 1 aromatic carbocycles. The summed E-state index contributed by atoms with van der Waals surface area (Å²) < 4.78 is 0. The van der Waals surface area contributed by atoms with Crippen LogP contribution in [-0.4, -0.2) is 16.3 Å². The number of aryl methyl sites for hydroxylation is 2. The van der Waals surface area contributed by atoms with Gasteiger partial charge in [-0.15, -0.1) is 11.8 Å². The molecule has 0 aliphatic heterocycles. The first-order valence-electron chi connectivity index (χ1n) is 4.91. The van der Waals surface area contributed by atoms with Gasteiger partial charge < -0.3 is 5.11 Å². The lowest BCUT2D eigenvalue weighted by Gasteiger charge is -2.09. The Balaban J connectivity index is 2.65. The average Bonchev–Trinajstić information content (AvgIpc) is 2.18. The van der Waals surface area contributed by atoms with Crippen LogP contribution in [0.2, 0.25) is 0 Å². The van der Waals surface area contributed by atoms with Crippen molar-refractivity contribution in [2.45, 2.75) is 31.8 Å². The molecule has 3 heteroatoms. The minimum atomic E-state index is -0.745. The van der Waals surface area contributed by atoms with Gasteiger partial charge in [0.05, 0.1) is 5.25 Å². The number of thioether (sulfide) groups is 1. The molecular formula is C12H16O2S. The third-order valence-electron chi connectivity index (χ3n) is 2.34. The predicted octanol–water partition coefficient (Wildman–Crippen LogP) is 3.01. The van der Waals surface area contributed by atoms with Crippen molar-refractivity contribution in [1.82, 2.24) is 0 Å². The topological polar surface area (TPSA) is 37.3 Å². The zero-order valence-corrected chi connectivity index (χ0v) is 10.1. The highest BCUT2D eigenvalue weighted by molar-refractivity contribution is 7.99. The highest BCUT2D eigenvalue weighted by Gasteiger charge is 2.11. The molecule has 1 atom stereocenters. The van der Waals surface area contributed by atoms with Crippen LogP contribution in [0, 0.1) is 13.8 Å². The number of aliphatic carboxylic acids is 1. The predicted molar refractivity (Wildman–Crippen MR) is 64.3 cm³/mol. The van der Waals surface area contributed by atoms with Gasteiger partial charge in [-0.25, -0.2) is 0 Å². The summed E-state index contributed by atoms with van der Waals surface area (Å²) in [5.41, 5.74) is 3.68. The van der Waals surface area contributed by atoms with Crippen molar-refractivity contribution in [1.29, 1.82) is 0 Å². The van der Waals surface area contributed by atoms with Crippen LogP contribution in [-0.2, 0) is 10.5 Å². The Labute approximate surface area is 94.7 Å². The Morgan fingerprint density at radius 3 is 2.73 bits per heavy atom. The molecule has 15 heavy (non-hydrogen) atoms. The van der Waals surface area contributed by atoms with Crippen molar-refractivity contribution >= 4 is 17.7 Å². The Morgan fingerprint density at radius 2 is 2.13 bits per heavy atom. The van der Waals surface area contributed by atoms with Gasteiger partial charge in [0, 0.05) is 5.75 Å². The van der Waals surface area contributed by atoms with E-state index < -0.39 is 5.97 Å². The third-order valence-corrected chi connectivity index (χ3v) is 3.52. The molecule has 1 rings (SSSR count). The van der Waals surface area contributed by atoms with Gasteiger partial charge in [-0.1, -0.05) is 23.8 Å². The molecule has 0 heterocycles. The maximum atomic E-state index is 10.7. The van der Waals surface area contributed by atoms with Crippen LogP contribution in [0.3, 0.4) is 0 Å². The highest BCUT2D eigenvalue weighted by Crippen LogP contribution is 2.21. The zero-order chi connectivity index (χ0) is 11.4. The van der Waals surface area contributed by atoms with Gasteiger partial charge in [0.25, 0.3) is 0 Å². The van der Waals surface area contributed by atoms with E-state index in [0.717, 1.165) is 5.75 Å². The van der Waals surface area contributed by atoms with Crippen molar-refractivity contribution < 1.29 is 9.90 Å². The molecule has 0 spiro atoms. The van der Waals surface area contributed by atoms with Gasteiger partial charge in [0.2, 0.25) is 0 Å². The van der Waals surface area contributed by atoms with Crippen LogP contribution in [0.15, 0.2) is 18.2 Å². The fraction of sp³-hybridized carbons (Fsp3) is 0.417. The van der Waals surface area contributed by atoms with Crippen molar-refractivity contribution in [3.8, 4) is 0 Å². The lowest BCUT2D eigenvalue weighted by Crippen LogP contribution is -2.11. The first-order valence-corrected chi connectivity index (χ1v) is 5.96. The standard InChI is InChI=1S/C12H16O2S/c1-8-4-5-9(2)11(6-8)7-15-10(3)12(13)14/h4-6,10H,7H2,1-3H3,(H,13,14)/t10-/m0/s1. The van der Waals surface area contributed by atoms with E-state index in [0.29, 0.717) is 0 Å². The van der Waals surface area contributed by atoms with E-state index in [4.69, 9.17) is 5.11 Å². The Bertz CT molecular complexity index is 361. The summed E-state index contributed by atoms with van der Waals surface area (Å²) in [6, 6.07) is 6.28. The molecule has 1 aromatic rings. The number of hydrogen-bond acceptors (Lipinski definition) is 2. The molecular weight excluding hydrogens is 208 g/mol. The lowest BCUT2D eigenvalue weighted by molar-refractivity contribution is -0.136. The molecule has 0 bridgehead atoms. The smallest absolute Gasteiger partial charge is 0.316 e. The number of carboxylic acids is 1. The summed E-state index contributed by atoms with van der Waals surface area (Å²) in [6.45, 7) is 5.83. The van der Waals surface area contributed by atoms with Crippen LogP contribution in [0.5, 0.6) is 0 Å². The van der Waals surface area contributed by atoms with E-state index in [1.165, 1.54) is 28.5 Å². The first-order chi connectivity index (χ1) is 7.00. The zero-order valence-electron chi connectivity index (χ0n) is 9.28. The monoisotopic (exact) mass is 224 g/mol. The van der Waals surface area contributed by atoms with E-state index in [9.17, 15) is 4.79 Å². The number of rotatable bonds is 4. The van der Waals surface area contributed by atoms with Crippen LogP contribution < -0.4 is 0 Å². The van der Waals surface area contributed by atoms with Gasteiger partial charge >= 0.3 is 5.97 Å². The molecule has 0 aliphatic rings. The van der Waals surface area contributed by atoms with Crippen LogP contribution >= 0.6 is 11.8 Å². The molecule has 0 aliphatic carbocycles. The van der Waals surface area contributed by atoms with Gasteiger partial charge in [-0.2, -0.15) is 0 Å². The van der Waals surface area contributed by atoms with Crippen LogP contribution in [0.4, 0.5) is 0 Å². The molecule has 0 fully saturated rings.